The lowest BCUT2D eigenvalue weighted by Crippen LogP contribution is -2.29. The molecule has 1 aromatic carbocycles. The average molecular weight is 314 g/mol. The van der Waals surface area contributed by atoms with Crippen LogP contribution < -0.4 is 0 Å². The Bertz CT molecular complexity index is 540. The van der Waals surface area contributed by atoms with E-state index in [0.717, 1.165) is 19.8 Å². The van der Waals surface area contributed by atoms with Gasteiger partial charge in [0.15, 0.2) is 5.79 Å². The highest BCUT2D eigenvalue weighted by atomic mass is 16.7. The molecule has 1 saturated heterocycles. The molecular formula is C20H26O3. The minimum atomic E-state index is -0.441. The molecule has 0 N–H and O–H groups in total. The van der Waals surface area contributed by atoms with Crippen LogP contribution in [0.3, 0.4) is 0 Å². The molecule has 1 saturated carbocycles. The van der Waals surface area contributed by atoms with Crippen molar-refractivity contribution in [1.29, 1.82) is 0 Å². The summed E-state index contributed by atoms with van der Waals surface area (Å²) >= 11 is 0. The number of ether oxygens (including phenoxy) is 3. The fraction of sp³-hybridized carbons (Fsp3) is 0.600. The molecule has 3 nitrogen and oxygen atoms in total. The van der Waals surface area contributed by atoms with Crippen LogP contribution in [0.15, 0.2) is 42.5 Å². The van der Waals surface area contributed by atoms with Gasteiger partial charge in [-0.3, -0.25) is 0 Å². The Balaban J connectivity index is 1.37. The third kappa shape index (κ3) is 2.98. The summed E-state index contributed by atoms with van der Waals surface area (Å²) in [6.07, 6.45) is 4.79. The molecule has 124 valence electrons. The number of hydrogen-bond acceptors (Lipinski definition) is 3. The number of benzene rings is 1. The summed E-state index contributed by atoms with van der Waals surface area (Å²) in [6, 6.07) is 10.4. The van der Waals surface area contributed by atoms with Crippen molar-refractivity contribution in [1.82, 2.24) is 0 Å². The standard InChI is InChI=1S/C20H26O3/c1-20(2)22-12-18-15-8-9-16(19(18)13-23-20)17(15)11-21-10-14-6-4-3-5-7-14/h3-9,15-19H,10-13H2,1-2H3/t15-,16+,17?,18-,19+. The SMILES string of the molecule is CC1(C)OC[C@@H]2[C@H](CO1)[C@@H]1C=C[C@H]2C1COCc1ccccc1. The van der Waals surface area contributed by atoms with Gasteiger partial charge < -0.3 is 14.2 Å². The molecule has 5 atom stereocenters. The molecule has 2 fully saturated rings. The van der Waals surface area contributed by atoms with Gasteiger partial charge in [0.1, 0.15) is 0 Å². The smallest absolute Gasteiger partial charge is 0.162 e. The number of hydrogen-bond donors (Lipinski definition) is 0. The van der Waals surface area contributed by atoms with Crippen LogP contribution in [0, 0.1) is 29.6 Å². The highest BCUT2D eigenvalue weighted by Gasteiger charge is 2.53. The van der Waals surface area contributed by atoms with Crippen LogP contribution in [-0.2, 0) is 20.8 Å². The Morgan fingerprint density at radius 3 is 2.22 bits per heavy atom. The highest BCUT2D eigenvalue weighted by molar-refractivity contribution is 5.18. The zero-order chi connectivity index (χ0) is 15.9. The van der Waals surface area contributed by atoms with Crippen molar-refractivity contribution in [2.45, 2.75) is 26.2 Å². The van der Waals surface area contributed by atoms with E-state index in [4.69, 9.17) is 14.2 Å². The predicted octanol–water partition coefficient (Wildman–Crippen LogP) is 3.65. The van der Waals surface area contributed by atoms with Crippen LogP contribution in [-0.4, -0.2) is 25.6 Å². The lowest BCUT2D eigenvalue weighted by Gasteiger charge is -2.25. The van der Waals surface area contributed by atoms with Gasteiger partial charge in [-0.15, -0.1) is 0 Å². The zero-order valence-corrected chi connectivity index (χ0v) is 14.0. The van der Waals surface area contributed by atoms with Gasteiger partial charge >= 0.3 is 0 Å². The van der Waals surface area contributed by atoms with Gasteiger partial charge in [-0.2, -0.15) is 0 Å². The molecule has 0 aromatic heterocycles. The van der Waals surface area contributed by atoms with E-state index >= 15 is 0 Å². The van der Waals surface area contributed by atoms with E-state index in [1.807, 2.05) is 19.9 Å². The molecule has 0 radical (unpaired) electrons. The van der Waals surface area contributed by atoms with Gasteiger partial charge in [-0.25, -0.2) is 0 Å². The molecule has 4 rings (SSSR count). The van der Waals surface area contributed by atoms with Crippen LogP contribution >= 0.6 is 0 Å². The Labute approximate surface area is 138 Å². The van der Waals surface area contributed by atoms with E-state index < -0.39 is 5.79 Å². The Morgan fingerprint density at radius 2 is 1.61 bits per heavy atom. The normalized spacial score (nSPS) is 37.6. The maximum absolute atomic E-state index is 6.04. The van der Waals surface area contributed by atoms with E-state index in [2.05, 4.69) is 36.4 Å². The molecule has 0 amide bonds. The van der Waals surface area contributed by atoms with Crippen molar-refractivity contribution in [3.63, 3.8) is 0 Å². The molecule has 3 heteroatoms. The molecule has 1 heterocycles. The molecule has 2 aliphatic carbocycles. The molecule has 1 aromatic rings. The quantitative estimate of drug-likeness (QED) is 0.794. The zero-order valence-electron chi connectivity index (χ0n) is 14.0. The first-order valence-electron chi connectivity index (χ1n) is 8.72. The Kier molecular flexibility index (Phi) is 4.04. The largest absolute Gasteiger partial charge is 0.376 e. The summed E-state index contributed by atoms with van der Waals surface area (Å²) in [5.74, 6) is 2.47. The monoisotopic (exact) mass is 314 g/mol. The van der Waals surface area contributed by atoms with E-state index in [1.165, 1.54) is 5.56 Å². The first-order chi connectivity index (χ1) is 11.1. The maximum atomic E-state index is 6.04. The number of fused-ring (bicyclic) bond motifs is 5. The topological polar surface area (TPSA) is 27.7 Å². The summed E-state index contributed by atoms with van der Waals surface area (Å²) < 4.78 is 18.0. The molecule has 1 unspecified atom stereocenters. The van der Waals surface area contributed by atoms with Crippen molar-refractivity contribution in [3.05, 3.63) is 48.0 Å². The van der Waals surface area contributed by atoms with Gasteiger partial charge in [0.05, 0.1) is 26.4 Å². The molecular weight excluding hydrogens is 288 g/mol. The molecule has 2 bridgehead atoms. The second kappa shape index (κ2) is 6.04. The van der Waals surface area contributed by atoms with Crippen LogP contribution in [0.4, 0.5) is 0 Å². The third-order valence-electron chi connectivity index (χ3n) is 5.75. The molecule has 1 aliphatic heterocycles. The first kappa shape index (κ1) is 15.4. The van der Waals surface area contributed by atoms with Crippen molar-refractivity contribution in [2.75, 3.05) is 19.8 Å². The fourth-order valence-corrected chi connectivity index (χ4v) is 4.50. The lowest BCUT2D eigenvalue weighted by molar-refractivity contribution is -0.205. The lowest BCUT2D eigenvalue weighted by atomic mass is 9.84. The summed E-state index contributed by atoms with van der Waals surface area (Å²) in [5, 5.41) is 0. The highest BCUT2D eigenvalue weighted by Crippen LogP contribution is 2.53. The van der Waals surface area contributed by atoms with E-state index in [1.54, 1.807) is 0 Å². The van der Waals surface area contributed by atoms with Crippen LogP contribution in [0.1, 0.15) is 19.4 Å². The summed E-state index contributed by atoms with van der Waals surface area (Å²) in [7, 11) is 0. The fourth-order valence-electron chi connectivity index (χ4n) is 4.50. The van der Waals surface area contributed by atoms with Gasteiger partial charge in [0.25, 0.3) is 0 Å². The minimum Gasteiger partial charge on any atom is -0.376 e. The molecule has 3 aliphatic rings. The molecule has 0 spiro atoms. The van der Waals surface area contributed by atoms with Crippen LogP contribution in [0.2, 0.25) is 0 Å². The summed E-state index contributed by atoms with van der Waals surface area (Å²) in [4.78, 5) is 0. The number of rotatable bonds is 4. The van der Waals surface area contributed by atoms with Crippen molar-refractivity contribution >= 4 is 0 Å². The average Bonchev–Trinajstić information content (AvgIpc) is 3.01. The van der Waals surface area contributed by atoms with E-state index in [-0.39, 0.29) is 0 Å². The van der Waals surface area contributed by atoms with Crippen molar-refractivity contribution < 1.29 is 14.2 Å². The van der Waals surface area contributed by atoms with Gasteiger partial charge in [-0.05, 0) is 49.0 Å². The van der Waals surface area contributed by atoms with Gasteiger partial charge in [0.2, 0.25) is 0 Å². The Morgan fingerprint density at radius 1 is 1.00 bits per heavy atom. The second-order valence-corrected chi connectivity index (χ2v) is 7.55. The van der Waals surface area contributed by atoms with Crippen LogP contribution in [0.5, 0.6) is 0 Å². The van der Waals surface area contributed by atoms with Gasteiger partial charge in [0, 0.05) is 0 Å². The predicted molar refractivity (Wildman–Crippen MR) is 88.7 cm³/mol. The third-order valence-corrected chi connectivity index (χ3v) is 5.75. The van der Waals surface area contributed by atoms with Crippen LogP contribution in [0.25, 0.3) is 0 Å². The van der Waals surface area contributed by atoms with Gasteiger partial charge in [-0.1, -0.05) is 42.5 Å². The first-order valence-corrected chi connectivity index (χ1v) is 8.72. The summed E-state index contributed by atoms with van der Waals surface area (Å²) in [6.45, 7) is 7.17. The van der Waals surface area contributed by atoms with E-state index in [0.29, 0.717) is 36.2 Å². The second-order valence-electron chi connectivity index (χ2n) is 7.55. The van der Waals surface area contributed by atoms with E-state index in [9.17, 15) is 0 Å². The maximum Gasteiger partial charge on any atom is 0.162 e. The number of allylic oxidation sites excluding steroid dienone is 2. The Hall–Kier alpha value is -1.16. The van der Waals surface area contributed by atoms with Crippen molar-refractivity contribution in [3.8, 4) is 0 Å². The minimum absolute atomic E-state index is 0.441. The van der Waals surface area contributed by atoms with Crippen molar-refractivity contribution in [2.24, 2.45) is 29.6 Å². The summed E-state index contributed by atoms with van der Waals surface area (Å²) in [5.41, 5.74) is 1.24. The molecule has 23 heavy (non-hydrogen) atoms.